The molecule has 0 spiro atoms. The van der Waals surface area contributed by atoms with Crippen molar-refractivity contribution in [3.05, 3.63) is 42.1 Å². The van der Waals surface area contributed by atoms with Gasteiger partial charge >= 0.3 is 0 Å². The number of aryl methyl sites for hydroxylation is 1. The van der Waals surface area contributed by atoms with Crippen molar-refractivity contribution >= 4 is 5.91 Å². The molecule has 1 aliphatic heterocycles. The van der Waals surface area contributed by atoms with Crippen LogP contribution < -0.4 is 4.74 Å². The number of pyridine rings is 1. The molecule has 4 heterocycles. The van der Waals surface area contributed by atoms with Gasteiger partial charge in [0.1, 0.15) is 5.69 Å². The summed E-state index contributed by atoms with van der Waals surface area (Å²) >= 11 is 0. The molecule has 1 saturated heterocycles. The fraction of sp³-hybridized carbons (Fsp3) is 0.421. The number of methoxy groups -OCH3 is 1. The number of aromatic nitrogens is 5. The average Bonchev–Trinajstić information content (AvgIpc) is 3.30. The number of nitrogens with zero attached hydrogens (tertiary/aromatic N) is 6. The van der Waals surface area contributed by atoms with Crippen molar-refractivity contribution in [3.63, 3.8) is 0 Å². The molecule has 0 N–H and O–H groups in total. The summed E-state index contributed by atoms with van der Waals surface area (Å²) in [4.78, 5) is 23.8. The van der Waals surface area contributed by atoms with Crippen molar-refractivity contribution in [1.29, 1.82) is 0 Å². The highest BCUT2D eigenvalue weighted by Gasteiger charge is 2.32. The van der Waals surface area contributed by atoms with Crippen molar-refractivity contribution in [2.45, 2.75) is 31.7 Å². The zero-order valence-corrected chi connectivity index (χ0v) is 15.9. The first-order valence-electron chi connectivity index (χ1n) is 9.30. The Kier molecular flexibility index (Phi) is 5.05. The predicted molar refractivity (Wildman–Crippen MR) is 99.5 cm³/mol. The molecule has 1 atom stereocenters. The van der Waals surface area contributed by atoms with Gasteiger partial charge in [-0.1, -0.05) is 24.1 Å². The third kappa shape index (κ3) is 3.60. The smallest absolute Gasteiger partial charge is 0.273 e. The maximum absolute atomic E-state index is 13.2. The lowest BCUT2D eigenvalue weighted by atomic mass is 10.1. The van der Waals surface area contributed by atoms with E-state index in [4.69, 9.17) is 9.26 Å². The van der Waals surface area contributed by atoms with Crippen LogP contribution in [0.1, 0.15) is 48.0 Å². The lowest BCUT2D eigenvalue weighted by molar-refractivity contribution is 0.0663. The predicted octanol–water partition coefficient (Wildman–Crippen LogP) is 2.63. The molecular formula is C19H22N6O3. The first-order valence-corrected chi connectivity index (χ1v) is 9.30. The Bertz CT molecular complexity index is 966. The van der Waals surface area contributed by atoms with Crippen molar-refractivity contribution in [2.24, 2.45) is 7.05 Å². The molecule has 0 aromatic carbocycles. The second kappa shape index (κ2) is 7.79. The number of carbonyl (C=O) groups excluding carboxylic acids is 1. The highest BCUT2D eigenvalue weighted by molar-refractivity contribution is 5.92. The number of hydrogen-bond donors (Lipinski definition) is 0. The van der Waals surface area contributed by atoms with Crippen LogP contribution in [0.4, 0.5) is 0 Å². The summed E-state index contributed by atoms with van der Waals surface area (Å²) < 4.78 is 12.3. The van der Waals surface area contributed by atoms with Gasteiger partial charge in [0.25, 0.3) is 11.8 Å². The zero-order valence-electron chi connectivity index (χ0n) is 15.9. The molecule has 3 aromatic rings. The quantitative estimate of drug-likeness (QED) is 0.684. The lowest BCUT2D eigenvalue weighted by Crippen LogP contribution is -2.35. The fourth-order valence-electron chi connectivity index (χ4n) is 3.43. The van der Waals surface area contributed by atoms with E-state index in [1.807, 2.05) is 13.2 Å². The van der Waals surface area contributed by atoms with Crippen LogP contribution in [0.3, 0.4) is 0 Å². The van der Waals surface area contributed by atoms with Gasteiger partial charge < -0.3 is 14.2 Å². The number of ether oxygens (including phenoxy) is 1. The first kappa shape index (κ1) is 18.1. The molecule has 1 amide bonds. The highest BCUT2D eigenvalue weighted by atomic mass is 16.5. The Labute approximate surface area is 162 Å². The SMILES string of the molecule is COc1cccc(C(=O)N2CCCCC[C@H]2c2noc(-c3cnn(C)c3)n2)n1. The van der Waals surface area contributed by atoms with Gasteiger partial charge in [-0.3, -0.25) is 9.48 Å². The Morgan fingerprint density at radius 1 is 1.25 bits per heavy atom. The maximum atomic E-state index is 13.2. The van der Waals surface area contributed by atoms with E-state index in [9.17, 15) is 4.79 Å². The molecule has 9 heteroatoms. The summed E-state index contributed by atoms with van der Waals surface area (Å²) in [5, 5.41) is 8.30. The summed E-state index contributed by atoms with van der Waals surface area (Å²) in [6.07, 6.45) is 7.25. The molecule has 0 unspecified atom stereocenters. The number of hydrogen-bond acceptors (Lipinski definition) is 7. The van der Waals surface area contributed by atoms with Gasteiger partial charge in [-0.25, -0.2) is 4.98 Å². The van der Waals surface area contributed by atoms with E-state index in [-0.39, 0.29) is 11.9 Å². The van der Waals surface area contributed by atoms with Crippen LogP contribution in [-0.2, 0) is 7.05 Å². The van der Waals surface area contributed by atoms with Gasteiger partial charge in [0, 0.05) is 25.9 Å². The molecule has 3 aromatic heterocycles. The van der Waals surface area contributed by atoms with Crippen molar-refractivity contribution in [3.8, 4) is 17.3 Å². The van der Waals surface area contributed by atoms with Crippen LogP contribution in [0.5, 0.6) is 5.88 Å². The molecule has 28 heavy (non-hydrogen) atoms. The lowest BCUT2D eigenvalue weighted by Gasteiger charge is -2.27. The van der Waals surface area contributed by atoms with Crippen LogP contribution >= 0.6 is 0 Å². The topological polar surface area (TPSA) is 99.2 Å². The van der Waals surface area contributed by atoms with Gasteiger partial charge in [-0.15, -0.1) is 0 Å². The standard InChI is InChI=1S/C19H22N6O3/c1-24-12-13(11-20-24)18-22-17(23-28-18)15-8-4-3-5-10-25(15)19(26)14-7-6-9-16(21-14)27-2/h6-7,9,11-12,15H,3-5,8,10H2,1-2H3/t15-/m0/s1. The zero-order chi connectivity index (χ0) is 19.5. The first-order chi connectivity index (χ1) is 13.7. The van der Waals surface area contributed by atoms with Crippen LogP contribution in [0.25, 0.3) is 11.5 Å². The third-order valence-electron chi connectivity index (χ3n) is 4.86. The number of likely N-dealkylation sites (tertiary alicyclic amines) is 1. The van der Waals surface area contributed by atoms with Crippen LogP contribution in [0.2, 0.25) is 0 Å². The minimum Gasteiger partial charge on any atom is -0.481 e. The second-order valence-corrected chi connectivity index (χ2v) is 6.79. The van der Waals surface area contributed by atoms with Gasteiger partial charge in [0.05, 0.1) is 24.9 Å². The number of rotatable bonds is 4. The Morgan fingerprint density at radius 2 is 2.14 bits per heavy atom. The number of amides is 1. The van der Waals surface area contributed by atoms with Crippen molar-refractivity contribution < 1.29 is 14.1 Å². The summed E-state index contributed by atoms with van der Waals surface area (Å²) in [6.45, 7) is 0.624. The molecule has 9 nitrogen and oxygen atoms in total. The van der Waals surface area contributed by atoms with Gasteiger partial charge in [-0.05, 0) is 18.9 Å². The molecule has 1 aliphatic rings. The minimum absolute atomic E-state index is 0.154. The minimum atomic E-state index is -0.253. The molecule has 4 rings (SSSR count). The van der Waals surface area contributed by atoms with Crippen LogP contribution in [-0.4, -0.2) is 49.4 Å². The molecule has 0 radical (unpaired) electrons. The second-order valence-electron chi connectivity index (χ2n) is 6.79. The molecule has 1 fully saturated rings. The monoisotopic (exact) mass is 382 g/mol. The molecular weight excluding hydrogens is 360 g/mol. The van der Waals surface area contributed by atoms with Crippen molar-refractivity contribution in [2.75, 3.05) is 13.7 Å². The average molecular weight is 382 g/mol. The molecule has 146 valence electrons. The van der Waals surface area contributed by atoms with E-state index < -0.39 is 0 Å². The summed E-state index contributed by atoms with van der Waals surface area (Å²) in [5.41, 5.74) is 1.10. The highest BCUT2D eigenvalue weighted by Crippen LogP contribution is 2.31. The van der Waals surface area contributed by atoms with Crippen molar-refractivity contribution in [1.82, 2.24) is 29.8 Å². The normalized spacial score (nSPS) is 17.4. The molecule has 0 saturated carbocycles. The van der Waals surface area contributed by atoms with E-state index in [0.29, 0.717) is 29.8 Å². The molecule has 0 bridgehead atoms. The van der Waals surface area contributed by atoms with Crippen LogP contribution in [0, 0.1) is 0 Å². The fourth-order valence-corrected chi connectivity index (χ4v) is 3.43. The van der Waals surface area contributed by atoms with E-state index >= 15 is 0 Å². The molecule has 0 aliphatic carbocycles. The van der Waals surface area contributed by atoms with Gasteiger partial charge in [0.15, 0.2) is 5.82 Å². The largest absolute Gasteiger partial charge is 0.481 e. The Balaban J connectivity index is 1.63. The van der Waals surface area contributed by atoms with Crippen LogP contribution in [0.15, 0.2) is 35.1 Å². The maximum Gasteiger partial charge on any atom is 0.273 e. The third-order valence-corrected chi connectivity index (χ3v) is 4.86. The van der Waals surface area contributed by atoms with Gasteiger partial charge in [0.2, 0.25) is 5.88 Å². The summed E-state index contributed by atoms with van der Waals surface area (Å²) in [5.74, 6) is 1.17. The van der Waals surface area contributed by atoms with Gasteiger partial charge in [-0.2, -0.15) is 10.1 Å². The van der Waals surface area contributed by atoms with E-state index in [1.165, 1.54) is 7.11 Å². The number of carbonyl (C=O) groups is 1. The summed E-state index contributed by atoms with van der Waals surface area (Å²) in [6, 6.07) is 4.93. The van der Waals surface area contributed by atoms with E-state index in [1.54, 1.807) is 34.0 Å². The van der Waals surface area contributed by atoms with E-state index in [2.05, 4.69) is 20.2 Å². The summed E-state index contributed by atoms with van der Waals surface area (Å²) in [7, 11) is 3.36. The Morgan fingerprint density at radius 3 is 2.93 bits per heavy atom. The van der Waals surface area contributed by atoms with E-state index in [0.717, 1.165) is 31.2 Å². The Hall–Kier alpha value is -3.23.